The lowest BCUT2D eigenvalue weighted by Crippen LogP contribution is -2.43. The molecular weight excluding hydrogens is 477 g/mol. The summed E-state index contributed by atoms with van der Waals surface area (Å²) >= 11 is 12.1. The van der Waals surface area contributed by atoms with Gasteiger partial charge in [-0.25, -0.2) is 0 Å². The number of nitrogens with zero attached hydrogens (tertiary/aromatic N) is 2. The Bertz CT molecular complexity index is 1140. The van der Waals surface area contributed by atoms with Gasteiger partial charge in [-0.15, -0.1) is 0 Å². The summed E-state index contributed by atoms with van der Waals surface area (Å²) in [7, 11) is 0. The van der Waals surface area contributed by atoms with Gasteiger partial charge in [0.2, 0.25) is 0 Å². The molecule has 2 aliphatic heterocycles. The number of allylic oxidation sites excluding steroid dienone is 1. The number of likely N-dealkylation sites (tertiary alicyclic amines) is 2. The Kier molecular flexibility index (Phi) is 8.04. The van der Waals surface area contributed by atoms with Crippen LogP contribution in [0.5, 0.6) is 0 Å². The summed E-state index contributed by atoms with van der Waals surface area (Å²) in [5.41, 5.74) is 3.85. The average molecular weight is 513 g/mol. The lowest BCUT2D eigenvalue weighted by molar-refractivity contribution is 0.0319. The highest BCUT2D eigenvalue weighted by Gasteiger charge is 2.28. The number of H-pyrrole nitrogens is 1. The Morgan fingerprint density at radius 1 is 0.971 bits per heavy atom. The van der Waals surface area contributed by atoms with Crippen LogP contribution in [0.15, 0.2) is 60.9 Å². The fourth-order valence-electron chi connectivity index (χ4n) is 5.73. The van der Waals surface area contributed by atoms with E-state index in [9.17, 15) is 5.11 Å². The molecule has 1 unspecified atom stereocenters. The third-order valence-electron chi connectivity index (χ3n) is 7.87. The predicted octanol–water partition coefficient (Wildman–Crippen LogP) is 6.48. The number of nitrogens with one attached hydrogen (secondary N) is 1. The lowest BCUT2D eigenvalue weighted by atomic mass is 9.87. The van der Waals surface area contributed by atoms with E-state index in [2.05, 4.69) is 57.5 Å². The zero-order chi connectivity index (χ0) is 24.2. The molecule has 4 nitrogen and oxygen atoms in total. The summed E-state index contributed by atoms with van der Waals surface area (Å²) in [5, 5.41) is 13.5. The molecule has 2 aliphatic rings. The Balaban J connectivity index is 1.04. The first-order valence-corrected chi connectivity index (χ1v) is 13.6. The van der Waals surface area contributed by atoms with E-state index in [1.807, 2.05) is 18.2 Å². The van der Waals surface area contributed by atoms with Crippen molar-refractivity contribution in [2.24, 2.45) is 5.92 Å². The Hall–Kier alpha value is -1.98. The predicted molar refractivity (Wildman–Crippen MR) is 146 cm³/mol. The number of benzene rings is 2. The number of piperidine rings is 2. The number of aliphatic hydroxyl groups excluding tert-OH is 1. The van der Waals surface area contributed by atoms with Crippen LogP contribution < -0.4 is 0 Å². The van der Waals surface area contributed by atoms with Gasteiger partial charge in [0, 0.05) is 36.7 Å². The van der Waals surface area contributed by atoms with Crippen LogP contribution in [0.4, 0.5) is 0 Å². The number of fused-ring (bicyclic) bond motifs is 1. The standard InChI is InChI=1S/C29H35Cl2N3O/c30-26-8-7-21(18-27(26)31)4-3-13-33-14-11-23(12-15-33)29(35)20-34-16-9-22(10-17-34)25-19-32-28-6-2-1-5-24(25)28/h1-3,5-8,13,18-19,22-23,29,32,35H,4,9-12,14-17,20H2. The quantitative estimate of drug-likeness (QED) is 0.381. The van der Waals surface area contributed by atoms with Gasteiger partial charge in [-0.2, -0.15) is 0 Å². The van der Waals surface area contributed by atoms with E-state index < -0.39 is 0 Å². The molecule has 5 rings (SSSR count). The SMILES string of the molecule is OC(CN1CCC(c2c[nH]c3ccccc23)CC1)C1CCN(C=CCc2ccc(Cl)c(Cl)c2)CC1. The van der Waals surface area contributed by atoms with E-state index in [1.165, 1.54) is 16.5 Å². The van der Waals surface area contributed by atoms with Crippen molar-refractivity contribution in [3.8, 4) is 0 Å². The summed E-state index contributed by atoms with van der Waals surface area (Å²) in [6.07, 6.45) is 11.6. The molecule has 0 amide bonds. The van der Waals surface area contributed by atoms with Gasteiger partial charge in [0.1, 0.15) is 0 Å². The fraction of sp³-hybridized carbons (Fsp3) is 0.448. The highest BCUT2D eigenvalue weighted by molar-refractivity contribution is 6.42. The van der Waals surface area contributed by atoms with Crippen LogP contribution in [0, 0.1) is 5.92 Å². The molecule has 1 aromatic heterocycles. The number of para-hydroxylation sites is 1. The molecule has 2 saturated heterocycles. The zero-order valence-corrected chi connectivity index (χ0v) is 21.7. The summed E-state index contributed by atoms with van der Waals surface area (Å²) in [5.74, 6) is 1.000. The third-order valence-corrected chi connectivity index (χ3v) is 8.61. The number of β-amino-alcohol motifs (C(OH)–C–C–N with tert-alkyl or cyclic N) is 1. The first-order valence-electron chi connectivity index (χ1n) is 12.9. The molecule has 0 radical (unpaired) electrons. The first kappa shape index (κ1) is 24.7. The number of rotatable bonds is 7. The monoisotopic (exact) mass is 511 g/mol. The molecule has 1 atom stereocenters. The highest BCUT2D eigenvalue weighted by atomic mass is 35.5. The van der Waals surface area contributed by atoms with Gasteiger partial charge < -0.3 is 19.9 Å². The topological polar surface area (TPSA) is 42.5 Å². The van der Waals surface area contributed by atoms with Gasteiger partial charge in [-0.05, 0) is 92.6 Å². The van der Waals surface area contributed by atoms with Crippen molar-refractivity contribution in [1.82, 2.24) is 14.8 Å². The second kappa shape index (κ2) is 11.4. The number of hydrogen-bond acceptors (Lipinski definition) is 3. The minimum atomic E-state index is -0.234. The zero-order valence-electron chi connectivity index (χ0n) is 20.2. The van der Waals surface area contributed by atoms with Crippen LogP contribution in [-0.2, 0) is 6.42 Å². The maximum atomic E-state index is 11.0. The Morgan fingerprint density at radius 3 is 2.51 bits per heavy atom. The molecule has 0 aliphatic carbocycles. The fourth-order valence-corrected chi connectivity index (χ4v) is 6.05. The molecule has 35 heavy (non-hydrogen) atoms. The van der Waals surface area contributed by atoms with E-state index in [-0.39, 0.29) is 6.10 Å². The molecule has 2 N–H and O–H groups in total. The lowest BCUT2D eigenvalue weighted by Gasteiger charge is -2.37. The van der Waals surface area contributed by atoms with Crippen molar-refractivity contribution in [2.45, 2.75) is 44.1 Å². The first-order chi connectivity index (χ1) is 17.1. The molecule has 186 valence electrons. The maximum absolute atomic E-state index is 11.0. The summed E-state index contributed by atoms with van der Waals surface area (Å²) in [6, 6.07) is 14.4. The van der Waals surface area contributed by atoms with Crippen molar-refractivity contribution < 1.29 is 5.11 Å². The number of aliphatic hydroxyl groups is 1. The van der Waals surface area contributed by atoms with Crippen LogP contribution in [-0.4, -0.2) is 58.7 Å². The van der Waals surface area contributed by atoms with Gasteiger partial charge >= 0.3 is 0 Å². The van der Waals surface area contributed by atoms with Crippen molar-refractivity contribution in [2.75, 3.05) is 32.7 Å². The normalized spacial score (nSPS) is 19.7. The van der Waals surface area contributed by atoms with E-state index in [4.69, 9.17) is 23.2 Å². The summed E-state index contributed by atoms with van der Waals surface area (Å²) in [6.45, 7) is 4.94. The van der Waals surface area contributed by atoms with Crippen LogP contribution in [0.1, 0.15) is 42.7 Å². The number of aromatic amines is 1. The summed E-state index contributed by atoms with van der Waals surface area (Å²) in [4.78, 5) is 8.27. The van der Waals surface area contributed by atoms with E-state index in [1.54, 1.807) is 0 Å². The third kappa shape index (κ3) is 6.06. The van der Waals surface area contributed by atoms with Gasteiger partial charge in [-0.1, -0.05) is 53.5 Å². The number of halogens is 2. The van der Waals surface area contributed by atoms with Crippen LogP contribution in [0.25, 0.3) is 10.9 Å². The van der Waals surface area contributed by atoms with E-state index in [0.717, 1.165) is 70.4 Å². The molecule has 0 saturated carbocycles. The molecule has 2 fully saturated rings. The second-order valence-electron chi connectivity index (χ2n) is 10.1. The maximum Gasteiger partial charge on any atom is 0.0696 e. The molecule has 3 heterocycles. The average Bonchev–Trinajstić information content (AvgIpc) is 3.31. The van der Waals surface area contributed by atoms with Crippen LogP contribution >= 0.6 is 23.2 Å². The largest absolute Gasteiger partial charge is 0.392 e. The molecule has 2 aromatic carbocycles. The molecule has 3 aromatic rings. The van der Waals surface area contributed by atoms with Crippen LogP contribution in [0.2, 0.25) is 10.0 Å². The minimum Gasteiger partial charge on any atom is -0.392 e. The second-order valence-corrected chi connectivity index (χ2v) is 11.0. The number of hydrogen-bond donors (Lipinski definition) is 2. The van der Waals surface area contributed by atoms with Gasteiger partial charge in [0.05, 0.1) is 16.1 Å². The smallest absolute Gasteiger partial charge is 0.0696 e. The Morgan fingerprint density at radius 2 is 1.74 bits per heavy atom. The molecule has 0 bridgehead atoms. The number of aromatic nitrogens is 1. The van der Waals surface area contributed by atoms with E-state index >= 15 is 0 Å². The molecule has 0 spiro atoms. The van der Waals surface area contributed by atoms with Gasteiger partial charge in [0.15, 0.2) is 0 Å². The van der Waals surface area contributed by atoms with Crippen LogP contribution in [0.3, 0.4) is 0 Å². The Labute approximate surface area is 218 Å². The summed E-state index contributed by atoms with van der Waals surface area (Å²) < 4.78 is 0. The highest BCUT2D eigenvalue weighted by Crippen LogP contribution is 2.33. The van der Waals surface area contributed by atoms with Crippen molar-refractivity contribution >= 4 is 34.1 Å². The van der Waals surface area contributed by atoms with Crippen molar-refractivity contribution in [3.63, 3.8) is 0 Å². The minimum absolute atomic E-state index is 0.234. The van der Waals surface area contributed by atoms with Gasteiger partial charge in [-0.3, -0.25) is 0 Å². The van der Waals surface area contributed by atoms with Gasteiger partial charge in [0.25, 0.3) is 0 Å². The molecule has 6 heteroatoms. The van der Waals surface area contributed by atoms with Crippen molar-refractivity contribution in [3.05, 3.63) is 82.1 Å². The van der Waals surface area contributed by atoms with E-state index in [0.29, 0.717) is 21.9 Å². The molecular formula is C29H35Cl2N3O. The van der Waals surface area contributed by atoms with Crippen molar-refractivity contribution in [1.29, 1.82) is 0 Å².